The van der Waals surface area contributed by atoms with E-state index in [2.05, 4.69) is 5.48 Å². The van der Waals surface area contributed by atoms with E-state index >= 15 is 0 Å². The lowest BCUT2D eigenvalue weighted by molar-refractivity contribution is -0.142. The molecule has 0 atom stereocenters. The van der Waals surface area contributed by atoms with Gasteiger partial charge < -0.3 is 0 Å². The minimum atomic E-state index is -0.368. The van der Waals surface area contributed by atoms with Crippen LogP contribution in [0, 0.1) is 0 Å². The molecule has 1 aromatic carbocycles. The van der Waals surface area contributed by atoms with E-state index in [4.69, 9.17) is 16.4 Å². The van der Waals surface area contributed by atoms with Crippen molar-refractivity contribution in [3.05, 3.63) is 34.9 Å². The summed E-state index contributed by atoms with van der Waals surface area (Å²) >= 11 is 7.40. The first-order valence-electron chi connectivity index (χ1n) is 5.66. The molecule has 0 spiro atoms. The molecule has 0 saturated carbocycles. The van der Waals surface area contributed by atoms with Crippen LogP contribution in [-0.4, -0.2) is 17.3 Å². The molecule has 18 heavy (non-hydrogen) atoms. The van der Waals surface area contributed by atoms with Crippen LogP contribution < -0.4 is 5.48 Å². The highest BCUT2D eigenvalue weighted by molar-refractivity contribution is 7.99. The Morgan fingerprint density at radius 1 is 1.44 bits per heavy atom. The quantitative estimate of drug-likeness (QED) is 0.843. The number of hydrogen-bond acceptors (Lipinski definition) is 3. The molecule has 0 bridgehead atoms. The summed E-state index contributed by atoms with van der Waals surface area (Å²) in [4.78, 5) is 16.6. The van der Waals surface area contributed by atoms with Crippen LogP contribution in [0.15, 0.2) is 24.3 Å². The molecule has 1 amide bonds. The van der Waals surface area contributed by atoms with Crippen LogP contribution in [0.1, 0.15) is 26.3 Å². The maximum Gasteiger partial charge on any atom is 0.253 e. The van der Waals surface area contributed by atoms with Crippen LogP contribution in [0.2, 0.25) is 5.02 Å². The standard InChI is InChI=1S/C13H18ClNO2S/c1-13(2,3)17-15-12(16)9-18-8-10-5-4-6-11(14)7-10/h4-7H,8-9H2,1-3H3,(H,15,16). The second-order valence-electron chi connectivity index (χ2n) is 4.86. The molecule has 0 aliphatic carbocycles. The molecule has 0 aromatic heterocycles. The molecule has 0 saturated heterocycles. The predicted octanol–water partition coefficient (Wildman–Crippen LogP) is 3.42. The average Bonchev–Trinajstić information content (AvgIpc) is 2.25. The van der Waals surface area contributed by atoms with Crippen molar-refractivity contribution in [2.75, 3.05) is 5.75 Å². The number of halogens is 1. The average molecular weight is 288 g/mol. The van der Waals surface area contributed by atoms with Gasteiger partial charge in [0.1, 0.15) is 0 Å². The van der Waals surface area contributed by atoms with E-state index in [1.807, 2.05) is 45.0 Å². The molecule has 0 aliphatic rings. The van der Waals surface area contributed by atoms with Gasteiger partial charge in [0, 0.05) is 10.8 Å². The van der Waals surface area contributed by atoms with Crippen LogP contribution >= 0.6 is 23.4 Å². The van der Waals surface area contributed by atoms with Crippen LogP contribution in [0.4, 0.5) is 0 Å². The minimum Gasteiger partial charge on any atom is -0.272 e. The van der Waals surface area contributed by atoms with Crippen molar-refractivity contribution < 1.29 is 9.63 Å². The molecule has 0 heterocycles. The summed E-state index contributed by atoms with van der Waals surface area (Å²) in [5.41, 5.74) is 3.18. The first kappa shape index (κ1) is 15.3. The van der Waals surface area contributed by atoms with Gasteiger partial charge in [0.25, 0.3) is 5.91 Å². The van der Waals surface area contributed by atoms with Gasteiger partial charge in [0.05, 0.1) is 11.4 Å². The molecule has 0 aliphatic heterocycles. The van der Waals surface area contributed by atoms with E-state index < -0.39 is 0 Å². The van der Waals surface area contributed by atoms with E-state index in [9.17, 15) is 4.79 Å². The lowest BCUT2D eigenvalue weighted by atomic mass is 10.2. The molecule has 1 rings (SSSR count). The lowest BCUT2D eigenvalue weighted by Gasteiger charge is -2.18. The topological polar surface area (TPSA) is 38.3 Å². The first-order valence-corrected chi connectivity index (χ1v) is 7.19. The van der Waals surface area contributed by atoms with E-state index in [0.717, 1.165) is 11.3 Å². The summed E-state index contributed by atoms with van der Waals surface area (Å²) < 4.78 is 0. The SMILES string of the molecule is CC(C)(C)ONC(=O)CSCc1cccc(Cl)c1. The second kappa shape index (κ2) is 7.02. The van der Waals surface area contributed by atoms with E-state index in [-0.39, 0.29) is 11.5 Å². The summed E-state index contributed by atoms with van der Waals surface area (Å²) in [6.07, 6.45) is 0. The Morgan fingerprint density at radius 3 is 2.78 bits per heavy atom. The van der Waals surface area contributed by atoms with Crippen molar-refractivity contribution in [1.82, 2.24) is 5.48 Å². The molecule has 0 unspecified atom stereocenters. The third-order valence-electron chi connectivity index (χ3n) is 1.86. The number of amides is 1. The second-order valence-corrected chi connectivity index (χ2v) is 6.28. The number of carbonyl (C=O) groups is 1. The predicted molar refractivity (Wildman–Crippen MR) is 76.6 cm³/mol. The molecule has 100 valence electrons. The molecule has 0 radical (unpaired) electrons. The summed E-state index contributed by atoms with van der Waals surface area (Å²) in [7, 11) is 0. The number of carbonyl (C=O) groups excluding carboxylic acids is 1. The molecular formula is C13H18ClNO2S. The van der Waals surface area contributed by atoms with Gasteiger partial charge in [0.2, 0.25) is 0 Å². The van der Waals surface area contributed by atoms with Crippen molar-refractivity contribution >= 4 is 29.3 Å². The molecule has 1 aromatic rings. The van der Waals surface area contributed by atoms with Gasteiger partial charge in [-0.3, -0.25) is 9.63 Å². The largest absolute Gasteiger partial charge is 0.272 e. The van der Waals surface area contributed by atoms with Gasteiger partial charge in [-0.25, -0.2) is 5.48 Å². The van der Waals surface area contributed by atoms with Crippen molar-refractivity contribution in [3.8, 4) is 0 Å². The summed E-state index contributed by atoms with van der Waals surface area (Å²) in [5, 5.41) is 0.716. The van der Waals surface area contributed by atoms with Crippen molar-refractivity contribution in [2.24, 2.45) is 0 Å². The van der Waals surface area contributed by atoms with Crippen molar-refractivity contribution in [2.45, 2.75) is 32.1 Å². The van der Waals surface area contributed by atoms with Crippen LogP contribution in [0.3, 0.4) is 0 Å². The molecule has 3 nitrogen and oxygen atoms in total. The fraction of sp³-hybridized carbons (Fsp3) is 0.462. The lowest BCUT2D eigenvalue weighted by Crippen LogP contribution is -2.34. The van der Waals surface area contributed by atoms with Crippen molar-refractivity contribution in [1.29, 1.82) is 0 Å². The third kappa shape index (κ3) is 6.89. The Morgan fingerprint density at radius 2 is 2.17 bits per heavy atom. The number of nitrogens with one attached hydrogen (secondary N) is 1. The molecule has 0 fully saturated rings. The smallest absolute Gasteiger partial charge is 0.253 e. The monoisotopic (exact) mass is 287 g/mol. The summed E-state index contributed by atoms with van der Waals surface area (Å²) in [6, 6.07) is 7.63. The first-order chi connectivity index (χ1) is 8.37. The Balaban J connectivity index is 2.23. The highest BCUT2D eigenvalue weighted by Gasteiger charge is 2.12. The fourth-order valence-corrected chi connectivity index (χ4v) is 2.10. The number of hydroxylamine groups is 1. The van der Waals surface area contributed by atoms with Gasteiger partial charge in [0.15, 0.2) is 0 Å². The Hall–Kier alpha value is -0.710. The highest BCUT2D eigenvalue weighted by atomic mass is 35.5. The number of thioether (sulfide) groups is 1. The van der Waals surface area contributed by atoms with Gasteiger partial charge in [-0.2, -0.15) is 0 Å². The van der Waals surface area contributed by atoms with Crippen LogP contribution in [0.25, 0.3) is 0 Å². The zero-order chi connectivity index (χ0) is 13.6. The van der Waals surface area contributed by atoms with Crippen molar-refractivity contribution in [3.63, 3.8) is 0 Å². The summed E-state index contributed by atoms with van der Waals surface area (Å²) in [5.74, 6) is 0.989. The zero-order valence-corrected chi connectivity index (χ0v) is 12.4. The third-order valence-corrected chi connectivity index (χ3v) is 3.10. The Bertz CT molecular complexity index is 404. The minimum absolute atomic E-state index is 0.128. The van der Waals surface area contributed by atoms with Gasteiger partial charge in [-0.1, -0.05) is 23.7 Å². The van der Waals surface area contributed by atoms with E-state index in [1.54, 1.807) is 0 Å². The molecule has 5 heteroatoms. The van der Waals surface area contributed by atoms with Crippen LogP contribution in [0.5, 0.6) is 0 Å². The summed E-state index contributed by atoms with van der Waals surface area (Å²) in [6.45, 7) is 5.64. The number of benzene rings is 1. The highest BCUT2D eigenvalue weighted by Crippen LogP contribution is 2.16. The Kier molecular flexibility index (Phi) is 5.99. The number of rotatable bonds is 5. The van der Waals surface area contributed by atoms with Gasteiger partial charge in [-0.05, 0) is 38.5 Å². The Labute approximate surface area is 117 Å². The molecule has 1 N–H and O–H groups in total. The van der Waals surface area contributed by atoms with E-state index in [1.165, 1.54) is 11.8 Å². The molecular weight excluding hydrogens is 270 g/mol. The van der Waals surface area contributed by atoms with Gasteiger partial charge in [-0.15, -0.1) is 11.8 Å². The number of hydrogen-bond donors (Lipinski definition) is 1. The van der Waals surface area contributed by atoms with Gasteiger partial charge >= 0.3 is 0 Å². The maximum atomic E-state index is 11.5. The maximum absolute atomic E-state index is 11.5. The van der Waals surface area contributed by atoms with Crippen LogP contribution in [-0.2, 0) is 15.4 Å². The van der Waals surface area contributed by atoms with E-state index in [0.29, 0.717) is 10.8 Å². The normalized spacial score (nSPS) is 11.3. The zero-order valence-electron chi connectivity index (χ0n) is 10.8. The fourth-order valence-electron chi connectivity index (χ4n) is 1.13.